The molecule has 1 aromatic rings. The average molecular weight is 309 g/mol. The van der Waals surface area contributed by atoms with Crippen LogP contribution < -0.4 is 5.32 Å². The highest BCUT2D eigenvalue weighted by atomic mass is 32.2. The van der Waals surface area contributed by atoms with E-state index in [1.165, 1.54) is 12.1 Å². The number of benzene rings is 1. The molecule has 0 radical (unpaired) electrons. The quantitative estimate of drug-likeness (QED) is 0.823. The van der Waals surface area contributed by atoms with E-state index >= 15 is 0 Å². The Kier molecular flexibility index (Phi) is 5.14. The van der Waals surface area contributed by atoms with Crippen LogP contribution in [0.25, 0.3) is 0 Å². The standard InChI is InChI=1S/C15H19NO4S/c17-14-9-5-4-8-13(14)16-15(18)10-11-21(19,20)12-6-2-1-3-7-12/h1-3,6-7,10-11,13-14,17H,4-5,8-9H2,(H,16,18). The van der Waals surface area contributed by atoms with Crippen molar-refractivity contribution in [1.82, 2.24) is 5.32 Å². The van der Waals surface area contributed by atoms with Gasteiger partial charge in [0.05, 0.1) is 17.0 Å². The van der Waals surface area contributed by atoms with Crippen molar-refractivity contribution in [2.45, 2.75) is 42.7 Å². The molecule has 0 bridgehead atoms. The van der Waals surface area contributed by atoms with Gasteiger partial charge in [-0.05, 0) is 25.0 Å². The molecule has 2 N–H and O–H groups in total. The molecular weight excluding hydrogens is 290 g/mol. The summed E-state index contributed by atoms with van der Waals surface area (Å²) < 4.78 is 24.0. The lowest BCUT2D eigenvalue weighted by Crippen LogP contribution is -2.44. The van der Waals surface area contributed by atoms with Gasteiger partial charge in [0.1, 0.15) is 0 Å². The molecule has 1 fully saturated rings. The zero-order valence-electron chi connectivity index (χ0n) is 11.6. The summed E-state index contributed by atoms with van der Waals surface area (Å²) in [5.41, 5.74) is 0. The summed E-state index contributed by atoms with van der Waals surface area (Å²) >= 11 is 0. The number of hydrogen-bond donors (Lipinski definition) is 2. The maximum absolute atomic E-state index is 12.0. The van der Waals surface area contributed by atoms with Gasteiger partial charge >= 0.3 is 0 Å². The average Bonchev–Trinajstić information content (AvgIpc) is 2.49. The van der Waals surface area contributed by atoms with Crippen LogP contribution in [-0.4, -0.2) is 31.6 Å². The fourth-order valence-electron chi connectivity index (χ4n) is 2.35. The van der Waals surface area contributed by atoms with Crippen LogP contribution in [0.4, 0.5) is 0 Å². The van der Waals surface area contributed by atoms with Gasteiger partial charge in [-0.3, -0.25) is 4.79 Å². The summed E-state index contributed by atoms with van der Waals surface area (Å²) in [6.07, 6.45) is 3.73. The third-order valence-corrected chi connectivity index (χ3v) is 4.95. The lowest BCUT2D eigenvalue weighted by molar-refractivity contribution is -0.118. The zero-order valence-corrected chi connectivity index (χ0v) is 12.4. The molecule has 2 atom stereocenters. The van der Waals surface area contributed by atoms with E-state index in [4.69, 9.17) is 0 Å². The molecule has 0 aliphatic heterocycles. The molecule has 1 saturated carbocycles. The molecule has 2 rings (SSSR count). The Morgan fingerprint density at radius 1 is 1.19 bits per heavy atom. The lowest BCUT2D eigenvalue weighted by atomic mass is 9.92. The number of sulfone groups is 1. The molecule has 0 aromatic heterocycles. The Labute approximate surface area is 124 Å². The zero-order chi connectivity index (χ0) is 15.3. The summed E-state index contributed by atoms with van der Waals surface area (Å²) in [6, 6.07) is 7.62. The van der Waals surface area contributed by atoms with E-state index in [0.717, 1.165) is 24.3 Å². The highest BCUT2D eigenvalue weighted by Crippen LogP contribution is 2.18. The van der Waals surface area contributed by atoms with Crippen LogP contribution in [0.5, 0.6) is 0 Å². The molecule has 1 aliphatic rings. The molecule has 1 aromatic carbocycles. The lowest BCUT2D eigenvalue weighted by Gasteiger charge is -2.27. The van der Waals surface area contributed by atoms with Crippen molar-refractivity contribution in [3.05, 3.63) is 41.8 Å². The number of aliphatic hydroxyl groups excluding tert-OH is 1. The predicted octanol–water partition coefficient (Wildman–Crippen LogP) is 1.39. The summed E-state index contributed by atoms with van der Waals surface area (Å²) in [5, 5.41) is 13.3. The molecule has 21 heavy (non-hydrogen) atoms. The molecule has 1 amide bonds. The van der Waals surface area contributed by atoms with E-state index in [1.54, 1.807) is 18.2 Å². The molecule has 2 unspecified atom stereocenters. The monoisotopic (exact) mass is 309 g/mol. The minimum atomic E-state index is -3.61. The van der Waals surface area contributed by atoms with E-state index in [2.05, 4.69) is 5.32 Å². The molecule has 6 heteroatoms. The predicted molar refractivity (Wildman–Crippen MR) is 79.2 cm³/mol. The van der Waals surface area contributed by atoms with Gasteiger partial charge in [-0.1, -0.05) is 31.0 Å². The summed E-state index contributed by atoms with van der Waals surface area (Å²) in [7, 11) is -3.61. The first kappa shape index (κ1) is 15.7. The van der Waals surface area contributed by atoms with Crippen molar-refractivity contribution < 1.29 is 18.3 Å². The Morgan fingerprint density at radius 2 is 1.86 bits per heavy atom. The smallest absolute Gasteiger partial charge is 0.244 e. The van der Waals surface area contributed by atoms with Gasteiger partial charge < -0.3 is 10.4 Å². The highest BCUT2D eigenvalue weighted by molar-refractivity contribution is 7.94. The van der Waals surface area contributed by atoms with Gasteiger partial charge in [0, 0.05) is 11.5 Å². The molecule has 0 spiro atoms. The number of rotatable bonds is 4. The summed E-state index contributed by atoms with van der Waals surface area (Å²) in [6.45, 7) is 0. The van der Waals surface area contributed by atoms with Gasteiger partial charge in [-0.15, -0.1) is 0 Å². The van der Waals surface area contributed by atoms with Gasteiger partial charge in [-0.2, -0.15) is 0 Å². The van der Waals surface area contributed by atoms with Gasteiger partial charge in [0.2, 0.25) is 5.91 Å². The summed E-state index contributed by atoms with van der Waals surface area (Å²) in [4.78, 5) is 11.9. The minimum absolute atomic E-state index is 0.145. The van der Waals surface area contributed by atoms with E-state index < -0.39 is 21.8 Å². The van der Waals surface area contributed by atoms with Crippen molar-refractivity contribution >= 4 is 15.7 Å². The number of nitrogens with one attached hydrogen (secondary N) is 1. The fourth-order valence-corrected chi connectivity index (χ4v) is 3.35. The molecule has 0 saturated heterocycles. The first-order valence-electron chi connectivity index (χ1n) is 6.96. The third-order valence-electron chi connectivity index (χ3n) is 3.53. The molecule has 0 heterocycles. The third kappa shape index (κ3) is 4.41. The van der Waals surface area contributed by atoms with Crippen LogP contribution in [0.15, 0.2) is 46.7 Å². The topological polar surface area (TPSA) is 83.5 Å². The van der Waals surface area contributed by atoms with Crippen LogP contribution in [0.2, 0.25) is 0 Å². The second-order valence-corrected chi connectivity index (χ2v) is 6.96. The SMILES string of the molecule is O=C(C=CS(=O)(=O)c1ccccc1)NC1CCCCC1O. The van der Waals surface area contributed by atoms with E-state index in [0.29, 0.717) is 12.8 Å². The van der Waals surface area contributed by atoms with Crippen molar-refractivity contribution in [3.63, 3.8) is 0 Å². The normalized spacial score (nSPS) is 23.1. The minimum Gasteiger partial charge on any atom is -0.391 e. The molecule has 5 nitrogen and oxygen atoms in total. The first-order chi connectivity index (χ1) is 9.99. The van der Waals surface area contributed by atoms with Crippen LogP contribution in [-0.2, 0) is 14.6 Å². The van der Waals surface area contributed by atoms with Crippen molar-refractivity contribution in [2.75, 3.05) is 0 Å². The Morgan fingerprint density at radius 3 is 2.52 bits per heavy atom. The number of carbonyl (C=O) groups is 1. The van der Waals surface area contributed by atoms with Gasteiger partial charge in [0.15, 0.2) is 9.84 Å². The number of carbonyl (C=O) groups excluding carboxylic acids is 1. The second kappa shape index (κ2) is 6.87. The maximum atomic E-state index is 12.0. The van der Waals surface area contributed by atoms with E-state index in [9.17, 15) is 18.3 Å². The number of aliphatic hydroxyl groups is 1. The Hall–Kier alpha value is -1.66. The largest absolute Gasteiger partial charge is 0.391 e. The Balaban J connectivity index is 1.99. The Bertz CT molecular complexity index is 610. The van der Waals surface area contributed by atoms with Crippen LogP contribution in [0, 0.1) is 0 Å². The van der Waals surface area contributed by atoms with Gasteiger partial charge in [0.25, 0.3) is 0 Å². The summed E-state index contributed by atoms with van der Waals surface area (Å²) in [5.74, 6) is -0.500. The fraction of sp³-hybridized carbons (Fsp3) is 0.400. The highest BCUT2D eigenvalue weighted by Gasteiger charge is 2.23. The molecule has 114 valence electrons. The van der Waals surface area contributed by atoms with Crippen LogP contribution in [0.3, 0.4) is 0 Å². The van der Waals surface area contributed by atoms with Gasteiger partial charge in [-0.25, -0.2) is 8.42 Å². The number of hydrogen-bond acceptors (Lipinski definition) is 4. The maximum Gasteiger partial charge on any atom is 0.244 e. The first-order valence-corrected chi connectivity index (χ1v) is 8.50. The van der Waals surface area contributed by atoms with E-state index in [-0.39, 0.29) is 10.9 Å². The van der Waals surface area contributed by atoms with E-state index in [1.807, 2.05) is 0 Å². The van der Waals surface area contributed by atoms with Crippen molar-refractivity contribution in [3.8, 4) is 0 Å². The second-order valence-electron chi connectivity index (χ2n) is 5.13. The van der Waals surface area contributed by atoms with Crippen LogP contribution >= 0.6 is 0 Å². The van der Waals surface area contributed by atoms with Crippen molar-refractivity contribution in [1.29, 1.82) is 0 Å². The number of amides is 1. The molecule has 1 aliphatic carbocycles. The van der Waals surface area contributed by atoms with Crippen molar-refractivity contribution in [2.24, 2.45) is 0 Å². The molecular formula is C15H19NO4S. The van der Waals surface area contributed by atoms with Crippen LogP contribution in [0.1, 0.15) is 25.7 Å².